The van der Waals surface area contributed by atoms with Crippen LogP contribution in [-0.4, -0.2) is 43.8 Å². The highest BCUT2D eigenvalue weighted by atomic mass is 32.2. The van der Waals surface area contributed by atoms with E-state index in [1.807, 2.05) is 11.4 Å². The Morgan fingerprint density at radius 1 is 1.32 bits per heavy atom. The number of amides is 1. The molecule has 0 N–H and O–H groups in total. The summed E-state index contributed by atoms with van der Waals surface area (Å²) in [6.07, 6.45) is 6.98. The molecule has 4 nitrogen and oxygen atoms in total. The fraction of sp³-hybridized carbons (Fsp3) is 0.688. The Morgan fingerprint density at radius 3 is 2.59 bits per heavy atom. The van der Waals surface area contributed by atoms with E-state index in [1.54, 1.807) is 16.2 Å². The molecule has 1 amide bonds. The Labute approximate surface area is 136 Å². The topological polar surface area (TPSA) is 54.5 Å². The highest BCUT2D eigenvalue weighted by Gasteiger charge is 2.46. The van der Waals surface area contributed by atoms with Gasteiger partial charge in [0.25, 0.3) is 0 Å². The smallest absolute Gasteiger partial charge is 0.234 e. The van der Waals surface area contributed by atoms with Crippen LogP contribution in [0, 0.1) is 0 Å². The molecule has 0 spiro atoms. The van der Waals surface area contributed by atoms with Crippen LogP contribution >= 0.6 is 11.3 Å². The van der Waals surface area contributed by atoms with E-state index in [9.17, 15) is 13.2 Å². The zero-order chi connectivity index (χ0) is 15.8. The molecule has 1 unspecified atom stereocenters. The van der Waals surface area contributed by atoms with Crippen LogP contribution in [0.2, 0.25) is 0 Å². The van der Waals surface area contributed by atoms with Gasteiger partial charge < -0.3 is 4.90 Å². The lowest BCUT2D eigenvalue weighted by molar-refractivity contribution is -0.137. The number of hydrogen-bond donors (Lipinski definition) is 0. The van der Waals surface area contributed by atoms with Crippen molar-refractivity contribution in [2.45, 2.75) is 49.2 Å². The van der Waals surface area contributed by atoms with Crippen molar-refractivity contribution in [1.82, 2.24) is 4.90 Å². The molecule has 2 aliphatic rings. The first-order valence-electron chi connectivity index (χ1n) is 7.96. The number of carbonyl (C=O) groups excluding carboxylic acids is 1. The number of likely N-dealkylation sites (tertiary alicyclic amines) is 1. The normalized spacial score (nSPS) is 25.3. The second kappa shape index (κ2) is 5.96. The van der Waals surface area contributed by atoms with Crippen molar-refractivity contribution in [3.8, 4) is 0 Å². The zero-order valence-corrected chi connectivity index (χ0v) is 14.6. The Bertz CT molecular complexity index is 630. The fourth-order valence-electron chi connectivity index (χ4n) is 3.84. The van der Waals surface area contributed by atoms with Gasteiger partial charge in [0.15, 0.2) is 9.84 Å². The van der Waals surface area contributed by atoms with Crippen LogP contribution in [-0.2, 0) is 20.0 Å². The molecule has 2 fully saturated rings. The second-order valence-corrected chi connectivity index (χ2v) is 9.88. The van der Waals surface area contributed by atoms with Crippen molar-refractivity contribution in [2.24, 2.45) is 0 Å². The summed E-state index contributed by atoms with van der Waals surface area (Å²) in [6, 6.07) is 4.07. The van der Waals surface area contributed by atoms with E-state index in [2.05, 4.69) is 6.07 Å². The third-order valence-electron chi connectivity index (χ3n) is 5.15. The average molecular weight is 341 g/mol. The minimum Gasteiger partial charge on any atom is -0.341 e. The van der Waals surface area contributed by atoms with E-state index in [0.717, 1.165) is 30.6 Å². The van der Waals surface area contributed by atoms with Gasteiger partial charge in [0.2, 0.25) is 5.91 Å². The van der Waals surface area contributed by atoms with Crippen LogP contribution < -0.4 is 0 Å². The maximum Gasteiger partial charge on any atom is 0.234 e. The van der Waals surface area contributed by atoms with Crippen molar-refractivity contribution >= 4 is 27.1 Å². The summed E-state index contributed by atoms with van der Waals surface area (Å²) in [4.78, 5) is 16.2. The van der Waals surface area contributed by atoms with Gasteiger partial charge in [0.05, 0.1) is 10.7 Å². The summed E-state index contributed by atoms with van der Waals surface area (Å²) in [5, 5.41) is 1.64. The third kappa shape index (κ3) is 2.83. The first kappa shape index (κ1) is 16.0. The van der Waals surface area contributed by atoms with Gasteiger partial charge >= 0.3 is 0 Å². The number of thiophene rings is 1. The second-order valence-electron chi connectivity index (χ2n) is 6.61. The molecule has 0 bridgehead atoms. The highest BCUT2D eigenvalue weighted by Crippen LogP contribution is 2.43. The quantitative estimate of drug-likeness (QED) is 0.849. The number of nitrogens with zero attached hydrogens (tertiary/aromatic N) is 1. The lowest BCUT2D eigenvalue weighted by Gasteiger charge is -2.38. The maximum atomic E-state index is 13.2. The van der Waals surface area contributed by atoms with E-state index in [1.165, 1.54) is 12.7 Å². The van der Waals surface area contributed by atoms with E-state index in [-0.39, 0.29) is 11.2 Å². The largest absolute Gasteiger partial charge is 0.341 e. The molecule has 1 aromatic heterocycles. The third-order valence-corrected chi connectivity index (χ3v) is 7.82. The Hall–Kier alpha value is -0.880. The van der Waals surface area contributed by atoms with Crippen molar-refractivity contribution in [3.05, 3.63) is 22.4 Å². The number of carbonyl (C=O) groups is 1. The molecule has 122 valence electrons. The van der Waals surface area contributed by atoms with Crippen LogP contribution in [0.15, 0.2) is 17.5 Å². The van der Waals surface area contributed by atoms with Gasteiger partial charge in [-0.15, -0.1) is 11.3 Å². The molecule has 22 heavy (non-hydrogen) atoms. The summed E-state index contributed by atoms with van der Waals surface area (Å²) >= 11 is 1.66. The minimum absolute atomic E-state index is 0.154. The van der Waals surface area contributed by atoms with Crippen LogP contribution in [0.3, 0.4) is 0 Å². The van der Waals surface area contributed by atoms with E-state index >= 15 is 0 Å². The van der Waals surface area contributed by atoms with Crippen LogP contribution in [0.4, 0.5) is 0 Å². The standard InChI is InChI=1S/C16H23NO3S2/c1-22(19,20)13-7-10-17(12-13)15(18)16(8-3-2-4-9-16)14-6-5-11-21-14/h5-6,11,13H,2-4,7-10,12H2,1H3. The predicted octanol–water partition coefficient (Wildman–Crippen LogP) is 2.60. The van der Waals surface area contributed by atoms with E-state index in [4.69, 9.17) is 0 Å². The van der Waals surface area contributed by atoms with E-state index in [0.29, 0.717) is 19.5 Å². The van der Waals surface area contributed by atoms with Gasteiger partial charge in [-0.2, -0.15) is 0 Å². The maximum absolute atomic E-state index is 13.2. The first-order chi connectivity index (χ1) is 10.4. The van der Waals surface area contributed by atoms with Gasteiger partial charge in [-0.1, -0.05) is 25.3 Å². The SMILES string of the molecule is CS(=O)(=O)C1CCN(C(=O)C2(c3cccs3)CCCCC2)C1. The molecule has 1 saturated heterocycles. The molecule has 1 aliphatic heterocycles. The molecule has 3 rings (SSSR count). The van der Waals surface area contributed by atoms with Gasteiger partial charge in [-0.25, -0.2) is 8.42 Å². The predicted molar refractivity (Wildman–Crippen MR) is 88.9 cm³/mol. The Morgan fingerprint density at radius 2 is 2.05 bits per heavy atom. The van der Waals surface area contributed by atoms with Crippen molar-refractivity contribution in [2.75, 3.05) is 19.3 Å². The summed E-state index contributed by atoms with van der Waals surface area (Å²) in [5.41, 5.74) is -0.404. The van der Waals surface area contributed by atoms with Gasteiger partial charge in [-0.3, -0.25) is 4.79 Å². The molecular formula is C16H23NO3S2. The molecule has 1 saturated carbocycles. The van der Waals surface area contributed by atoms with Crippen LogP contribution in [0.25, 0.3) is 0 Å². The summed E-state index contributed by atoms with van der Waals surface area (Å²) in [7, 11) is -3.06. The number of hydrogen-bond acceptors (Lipinski definition) is 4. The van der Waals surface area contributed by atoms with Crippen molar-refractivity contribution in [3.63, 3.8) is 0 Å². The zero-order valence-electron chi connectivity index (χ0n) is 13.0. The van der Waals surface area contributed by atoms with Crippen molar-refractivity contribution < 1.29 is 13.2 Å². The lowest BCUT2D eigenvalue weighted by atomic mass is 9.72. The molecule has 2 heterocycles. The monoisotopic (exact) mass is 341 g/mol. The Kier molecular flexibility index (Phi) is 4.34. The number of rotatable bonds is 3. The van der Waals surface area contributed by atoms with Crippen LogP contribution in [0.5, 0.6) is 0 Å². The lowest BCUT2D eigenvalue weighted by Crippen LogP contribution is -2.47. The molecule has 0 aromatic carbocycles. The van der Waals surface area contributed by atoms with Crippen molar-refractivity contribution in [1.29, 1.82) is 0 Å². The molecule has 6 heteroatoms. The molecule has 1 atom stereocenters. The average Bonchev–Trinajstić information content (AvgIpc) is 3.18. The first-order valence-corrected chi connectivity index (χ1v) is 10.8. The van der Waals surface area contributed by atoms with Gasteiger partial charge in [-0.05, 0) is 30.7 Å². The summed E-state index contributed by atoms with van der Waals surface area (Å²) in [5.74, 6) is 0.154. The summed E-state index contributed by atoms with van der Waals surface area (Å²) < 4.78 is 23.5. The number of sulfone groups is 1. The molecule has 1 aliphatic carbocycles. The fourth-order valence-corrected chi connectivity index (χ4v) is 5.80. The molecule has 1 aromatic rings. The molecule has 0 radical (unpaired) electrons. The highest BCUT2D eigenvalue weighted by molar-refractivity contribution is 7.91. The van der Waals surface area contributed by atoms with E-state index < -0.39 is 15.3 Å². The summed E-state index contributed by atoms with van der Waals surface area (Å²) in [6.45, 7) is 0.939. The molecular weight excluding hydrogens is 318 g/mol. The Balaban J connectivity index is 1.85. The van der Waals surface area contributed by atoms with Gasteiger partial charge in [0, 0.05) is 24.2 Å². The minimum atomic E-state index is -3.06. The van der Waals surface area contributed by atoms with Crippen LogP contribution in [0.1, 0.15) is 43.4 Å². The van der Waals surface area contributed by atoms with Gasteiger partial charge in [0.1, 0.15) is 0 Å².